The number of benzene rings is 1. The van der Waals surface area contributed by atoms with E-state index in [2.05, 4.69) is 4.74 Å². The normalized spacial score (nSPS) is 10.4. The molecule has 98 valence electrons. The van der Waals surface area contributed by atoms with Gasteiger partial charge in [-0.25, -0.2) is 4.79 Å². The molecule has 0 unspecified atom stereocenters. The van der Waals surface area contributed by atoms with Crippen molar-refractivity contribution in [3.05, 3.63) is 40.4 Å². The van der Waals surface area contributed by atoms with E-state index in [0.29, 0.717) is 0 Å². The zero-order chi connectivity index (χ0) is 14.0. The number of hydrogen-bond acceptors (Lipinski definition) is 6. The van der Waals surface area contributed by atoms with Crippen molar-refractivity contribution in [3.8, 4) is 5.75 Å². The fourth-order valence-corrected chi connectivity index (χ4v) is 1.67. The average Bonchev–Trinajstić information content (AvgIpc) is 2.36. The molecule has 19 heavy (non-hydrogen) atoms. The van der Waals surface area contributed by atoms with Gasteiger partial charge in [-0.2, -0.15) is 0 Å². The van der Waals surface area contributed by atoms with E-state index < -0.39 is 24.0 Å². The van der Waals surface area contributed by atoms with Gasteiger partial charge >= 0.3 is 11.6 Å². The molecule has 1 aromatic heterocycles. The fourth-order valence-electron chi connectivity index (χ4n) is 1.67. The molecule has 0 saturated carbocycles. The second-order valence-corrected chi connectivity index (χ2v) is 3.84. The summed E-state index contributed by atoms with van der Waals surface area (Å²) in [6, 6.07) is 4.33. The number of aromatic hydroxyl groups is 1. The Bertz CT molecular complexity index is 713. The van der Waals surface area contributed by atoms with Gasteiger partial charge in [-0.05, 0) is 6.07 Å². The summed E-state index contributed by atoms with van der Waals surface area (Å²) in [5, 5.41) is 9.80. The van der Waals surface area contributed by atoms with E-state index >= 15 is 0 Å². The summed E-state index contributed by atoms with van der Waals surface area (Å²) < 4.78 is 9.30. The minimum Gasteiger partial charge on any atom is -0.507 e. The predicted molar refractivity (Wildman–Crippen MR) is 65.1 cm³/mol. The van der Waals surface area contributed by atoms with Crippen LogP contribution in [-0.4, -0.2) is 23.5 Å². The molecule has 0 aliphatic heterocycles. The summed E-state index contributed by atoms with van der Waals surface area (Å²) in [5.74, 6) is -1.37. The maximum atomic E-state index is 11.9. The minimum atomic E-state index is -0.739. The van der Waals surface area contributed by atoms with E-state index in [1.807, 2.05) is 0 Å². The molecule has 1 aromatic carbocycles. The van der Waals surface area contributed by atoms with Crippen molar-refractivity contribution in [2.75, 3.05) is 6.61 Å². The molecule has 6 nitrogen and oxygen atoms in total. The molecule has 1 heterocycles. The summed E-state index contributed by atoms with van der Waals surface area (Å²) in [7, 11) is 0. The molecule has 2 rings (SSSR count). The van der Waals surface area contributed by atoms with Crippen molar-refractivity contribution in [1.29, 1.82) is 0 Å². The van der Waals surface area contributed by atoms with Crippen LogP contribution in [0.15, 0.2) is 33.7 Å². The molecule has 0 fully saturated rings. The van der Waals surface area contributed by atoms with E-state index in [-0.39, 0.29) is 22.1 Å². The molecule has 2 aromatic rings. The van der Waals surface area contributed by atoms with Crippen molar-refractivity contribution < 1.29 is 23.8 Å². The van der Waals surface area contributed by atoms with Gasteiger partial charge in [-0.1, -0.05) is 12.1 Å². The number of ketones is 1. The Balaban J connectivity index is 2.53. The Kier molecular flexibility index (Phi) is 3.33. The summed E-state index contributed by atoms with van der Waals surface area (Å²) in [6.45, 7) is 0.732. The number of esters is 1. The topological polar surface area (TPSA) is 93.8 Å². The lowest BCUT2D eigenvalue weighted by Gasteiger charge is -2.05. The number of phenolic OH excluding ortho intramolecular Hbond substituents is 1. The Hall–Kier alpha value is -2.63. The molecule has 6 heteroatoms. The van der Waals surface area contributed by atoms with Gasteiger partial charge in [-0.15, -0.1) is 0 Å². The van der Waals surface area contributed by atoms with Crippen LogP contribution < -0.4 is 5.63 Å². The number of ether oxygens (including phenoxy) is 1. The van der Waals surface area contributed by atoms with Crippen LogP contribution in [0.1, 0.15) is 17.3 Å². The number of fused-ring (bicyclic) bond motifs is 1. The van der Waals surface area contributed by atoms with Gasteiger partial charge in [0.05, 0.1) is 5.56 Å². The van der Waals surface area contributed by atoms with Gasteiger partial charge < -0.3 is 14.3 Å². The number of phenols is 1. The maximum absolute atomic E-state index is 11.9. The zero-order valence-electron chi connectivity index (χ0n) is 10.0. The van der Waals surface area contributed by atoms with Crippen LogP contribution in [-0.2, 0) is 9.53 Å². The van der Waals surface area contributed by atoms with Gasteiger partial charge in [0.15, 0.2) is 6.61 Å². The van der Waals surface area contributed by atoms with E-state index in [1.54, 1.807) is 0 Å². The second kappa shape index (κ2) is 4.93. The molecule has 0 radical (unpaired) electrons. The van der Waals surface area contributed by atoms with Gasteiger partial charge in [0.25, 0.3) is 0 Å². The third-order valence-electron chi connectivity index (χ3n) is 2.53. The molecular formula is C13H10O6. The SMILES string of the molecule is CC(=O)OCC(=O)c1coc(=O)c2c(O)cccc12. The number of rotatable bonds is 3. The molecule has 0 bridgehead atoms. The van der Waals surface area contributed by atoms with Crippen LogP contribution in [0.25, 0.3) is 10.8 Å². The first-order chi connectivity index (χ1) is 9.00. The lowest BCUT2D eigenvalue weighted by Crippen LogP contribution is -2.14. The number of Topliss-reactive ketones (excluding diaryl/α,β-unsaturated/α-hetero) is 1. The monoisotopic (exact) mass is 262 g/mol. The molecule has 0 aliphatic rings. The smallest absolute Gasteiger partial charge is 0.347 e. The quantitative estimate of drug-likeness (QED) is 0.660. The highest BCUT2D eigenvalue weighted by Crippen LogP contribution is 2.24. The summed E-state index contributed by atoms with van der Waals surface area (Å²) in [5.41, 5.74) is -0.663. The van der Waals surface area contributed by atoms with Crippen molar-refractivity contribution >= 4 is 22.5 Å². The first-order valence-electron chi connectivity index (χ1n) is 5.40. The third kappa shape index (κ3) is 2.47. The Labute approximate surface area is 107 Å². The molecular weight excluding hydrogens is 252 g/mol. The van der Waals surface area contributed by atoms with Crippen LogP contribution >= 0.6 is 0 Å². The average molecular weight is 262 g/mol. The molecule has 0 spiro atoms. The standard InChI is InChI=1S/C13H10O6/c1-7(14)18-6-11(16)9-5-19-13(17)12-8(9)3-2-4-10(12)15/h2-5,15H,6H2,1H3. The van der Waals surface area contributed by atoms with Gasteiger partial charge in [0, 0.05) is 12.3 Å². The number of carbonyl (C=O) groups excluding carboxylic acids is 2. The van der Waals surface area contributed by atoms with Crippen LogP contribution in [0, 0.1) is 0 Å². The van der Waals surface area contributed by atoms with Gasteiger partial charge in [0.2, 0.25) is 5.78 Å². The van der Waals surface area contributed by atoms with Gasteiger partial charge in [-0.3, -0.25) is 9.59 Å². The second-order valence-electron chi connectivity index (χ2n) is 3.84. The van der Waals surface area contributed by atoms with Crippen LogP contribution in [0.2, 0.25) is 0 Å². The summed E-state index contributed by atoms with van der Waals surface area (Å²) in [4.78, 5) is 34.0. The van der Waals surface area contributed by atoms with E-state index in [4.69, 9.17) is 4.42 Å². The summed E-state index contributed by atoms with van der Waals surface area (Å²) in [6.07, 6.45) is 0.996. The minimum absolute atomic E-state index is 0.0730. The Morgan fingerprint density at radius 3 is 2.79 bits per heavy atom. The maximum Gasteiger partial charge on any atom is 0.347 e. The van der Waals surface area contributed by atoms with Gasteiger partial charge in [0.1, 0.15) is 17.4 Å². The highest BCUT2D eigenvalue weighted by atomic mass is 16.5. The van der Waals surface area contributed by atoms with Crippen LogP contribution in [0.5, 0.6) is 5.75 Å². The fraction of sp³-hybridized carbons (Fsp3) is 0.154. The molecule has 0 atom stereocenters. The van der Waals surface area contributed by atoms with Crippen molar-refractivity contribution in [2.45, 2.75) is 6.92 Å². The molecule has 0 saturated heterocycles. The first-order valence-corrected chi connectivity index (χ1v) is 5.40. The highest BCUT2D eigenvalue weighted by Gasteiger charge is 2.16. The summed E-state index contributed by atoms with van der Waals surface area (Å²) >= 11 is 0. The Morgan fingerprint density at radius 1 is 1.37 bits per heavy atom. The zero-order valence-corrected chi connectivity index (χ0v) is 10.0. The molecule has 0 amide bonds. The van der Waals surface area contributed by atoms with Crippen LogP contribution in [0.3, 0.4) is 0 Å². The van der Waals surface area contributed by atoms with Crippen molar-refractivity contribution in [3.63, 3.8) is 0 Å². The van der Waals surface area contributed by atoms with E-state index in [1.165, 1.54) is 25.1 Å². The van der Waals surface area contributed by atoms with Crippen molar-refractivity contribution in [1.82, 2.24) is 0 Å². The largest absolute Gasteiger partial charge is 0.507 e. The van der Waals surface area contributed by atoms with E-state index in [9.17, 15) is 19.5 Å². The van der Waals surface area contributed by atoms with E-state index in [0.717, 1.165) is 6.26 Å². The van der Waals surface area contributed by atoms with Crippen molar-refractivity contribution in [2.24, 2.45) is 0 Å². The Morgan fingerprint density at radius 2 is 2.11 bits per heavy atom. The highest BCUT2D eigenvalue weighted by molar-refractivity contribution is 6.09. The molecule has 0 aliphatic carbocycles. The number of carbonyl (C=O) groups is 2. The number of hydrogen-bond donors (Lipinski definition) is 1. The van der Waals surface area contributed by atoms with Crippen LogP contribution in [0.4, 0.5) is 0 Å². The molecule has 1 N–H and O–H groups in total. The lowest BCUT2D eigenvalue weighted by molar-refractivity contribution is -0.139. The lowest BCUT2D eigenvalue weighted by atomic mass is 10.1. The predicted octanol–water partition coefficient (Wildman–Crippen LogP) is 1.24. The first kappa shape index (κ1) is 12.8. The third-order valence-corrected chi connectivity index (χ3v) is 2.53.